The van der Waals surface area contributed by atoms with Crippen LogP contribution in [0.25, 0.3) is 0 Å². The summed E-state index contributed by atoms with van der Waals surface area (Å²) in [5.74, 6) is 0. The Kier molecular flexibility index (Phi) is 4.83. The van der Waals surface area contributed by atoms with Crippen molar-refractivity contribution in [3.05, 3.63) is 33.9 Å². The van der Waals surface area contributed by atoms with Gasteiger partial charge in [0.05, 0.1) is 4.92 Å². The lowest BCUT2D eigenvalue weighted by Crippen LogP contribution is -2.25. The fourth-order valence-corrected chi connectivity index (χ4v) is 2.93. The zero-order valence-electron chi connectivity index (χ0n) is 13.2. The molecule has 0 spiro atoms. The minimum atomic E-state index is -0.319. The lowest BCUT2D eigenvalue weighted by Gasteiger charge is -2.23. The van der Waals surface area contributed by atoms with E-state index < -0.39 is 0 Å². The van der Waals surface area contributed by atoms with Crippen LogP contribution in [0.2, 0.25) is 0 Å². The molecule has 1 aromatic rings. The second kappa shape index (κ2) is 6.43. The van der Waals surface area contributed by atoms with Gasteiger partial charge in [-0.05, 0) is 49.4 Å². The fraction of sp³-hybridized carbons (Fsp3) is 0.625. The first-order chi connectivity index (χ1) is 9.91. The lowest BCUT2D eigenvalue weighted by molar-refractivity contribution is -0.384. The first-order valence-corrected chi connectivity index (χ1v) is 7.59. The smallest absolute Gasteiger partial charge is 0.292 e. The molecule has 2 rings (SSSR count). The van der Waals surface area contributed by atoms with Gasteiger partial charge in [-0.3, -0.25) is 15.0 Å². The Morgan fingerprint density at radius 2 is 2.10 bits per heavy atom. The summed E-state index contributed by atoms with van der Waals surface area (Å²) >= 11 is 0. The van der Waals surface area contributed by atoms with E-state index in [0.717, 1.165) is 25.2 Å². The van der Waals surface area contributed by atoms with Crippen molar-refractivity contribution >= 4 is 11.4 Å². The number of benzene rings is 1. The average Bonchev–Trinajstić information content (AvgIpc) is 2.60. The van der Waals surface area contributed by atoms with Crippen molar-refractivity contribution in [2.75, 3.05) is 25.5 Å². The van der Waals surface area contributed by atoms with Crippen molar-refractivity contribution in [2.45, 2.75) is 39.7 Å². The number of rotatable bonds is 4. The Labute approximate surface area is 126 Å². The topological polar surface area (TPSA) is 58.4 Å². The SMILES string of the molecule is CNc1ccc(CN2CCCC(C)(C)CC2)cc1[N+](=O)[O-]. The van der Waals surface area contributed by atoms with E-state index in [9.17, 15) is 10.1 Å². The Bertz CT molecular complexity index is 514. The number of nitro groups is 1. The van der Waals surface area contributed by atoms with E-state index in [1.165, 1.54) is 19.3 Å². The Balaban J connectivity index is 2.09. The summed E-state index contributed by atoms with van der Waals surface area (Å²) in [7, 11) is 1.71. The van der Waals surface area contributed by atoms with E-state index in [1.54, 1.807) is 19.2 Å². The van der Waals surface area contributed by atoms with E-state index in [4.69, 9.17) is 0 Å². The first kappa shape index (κ1) is 15.8. The summed E-state index contributed by atoms with van der Waals surface area (Å²) in [6.45, 7) is 7.58. The Morgan fingerprint density at radius 3 is 2.76 bits per heavy atom. The van der Waals surface area contributed by atoms with Gasteiger partial charge in [0.15, 0.2) is 0 Å². The zero-order valence-corrected chi connectivity index (χ0v) is 13.2. The highest BCUT2D eigenvalue weighted by Gasteiger charge is 2.23. The number of hydrogen-bond donors (Lipinski definition) is 1. The quantitative estimate of drug-likeness (QED) is 0.679. The molecule has 5 nitrogen and oxygen atoms in total. The number of nitrogens with zero attached hydrogens (tertiary/aromatic N) is 2. The molecule has 1 fully saturated rings. The van der Waals surface area contributed by atoms with Crippen LogP contribution >= 0.6 is 0 Å². The van der Waals surface area contributed by atoms with E-state index in [0.29, 0.717) is 11.1 Å². The predicted molar refractivity (Wildman–Crippen MR) is 85.6 cm³/mol. The fourth-order valence-electron chi connectivity index (χ4n) is 2.93. The maximum atomic E-state index is 11.1. The van der Waals surface area contributed by atoms with Crippen molar-refractivity contribution in [1.82, 2.24) is 4.90 Å². The van der Waals surface area contributed by atoms with Crippen molar-refractivity contribution in [3.8, 4) is 0 Å². The van der Waals surface area contributed by atoms with Gasteiger partial charge in [-0.15, -0.1) is 0 Å². The molecule has 0 radical (unpaired) electrons. The molecule has 1 heterocycles. The van der Waals surface area contributed by atoms with Crippen LogP contribution in [-0.2, 0) is 6.54 Å². The predicted octanol–water partition coefficient (Wildman–Crippen LogP) is 3.65. The van der Waals surface area contributed by atoms with Crippen molar-refractivity contribution in [2.24, 2.45) is 5.41 Å². The van der Waals surface area contributed by atoms with Crippen molar-refractivity contribution in [1.29, 1.82) is 0 Å². The third kappa shape index (κ3) is 4.17. The standard InChI is InChI=1S/C16H25N3O2/c1-16(2)7-4-9-18(10-8-16)12-13-5-6-14(17-3)15(11-13)19(20)21/h5-6,11,17H,4,7-10,12H2,1-3H3. The van der Waals surface area contributed by atoms with Gasteiger partial charge >= 0.3 is 0 Å². The zero-order chi connectivity index (χ0) is 15.5. The molecular weight excluding hydrogens is 266 g/mol. The number of anilines is 1. The Morgan fingerprint density at radius 1 is 1.33 bits per heavy atom. The third-order valence-corrected chi connectivity index (χ3v) is 4.37. The van der Waals surface area contributed by atoms with Crippen LogP contribution in [0, 0.1) is 15.5 Å². The maximum Gasteiger partial charge on any atom is 0.292 e. The van der Waals surface area contributed by atoms with Crippen LogP contribution in [0.15, 0.2) is 18.2 Å². The van der Waals surface area contributed by atoms with Gasteiger partial charge in [0.25, 0.3) is 5.69 Å². The van der Waals surface area contributed by atoms with Crippen LogP contribution < -0.4 is 5.32 Å². The number of nitrogens with one attached hydrogen (secondary N) is 1. The monoisotopic (exact) mass is 291 g/mol. The molecule has 5 heteroatoms. The van der Waals surface area contributed by atoms with Gasteiger partial charge in [0.1, 0.15) is 5.69 Å². The molecule has 21 heavy (non-hydrogen) atoms. The molecule has 0 aromatic heterocycles. The molecule has 0 aliphatic carbocycles. The van der Waals surface area contributed by atoms with E-state index >= 15 is 0 Å². The third-order valence-electron chi connectivity index (χ3n) is 4.37. The minimum absolute atomic E-state index is 0.158. The van der Waals surface area contributed by atoms with Gasteiger partial charge in [-0.25, -0.2) is 0 Å². The maximum absolute atomic E-state index is 11.1. The minimum Gasteiger partial charge on any atom is -0.383 e. The highest BCUT2D eigenvalue weighted by atomic mass is 16.6. The highest BCUT2D eigenvalue weighted by Crippen LogP contribution is 2.31. The largest absolute Gasteiger partial charge is 0.383 e. The molecule has 0 saturated carbocycles. The van der Waals surface area contributed by atoms with Crippen molar-refractivity contribution < 1.29 is 4.92 Å². The summed E-state index contributed by atoms with van der Waals surface area (Å²) in [6.07, 6.45) is 3.63. The highest BCUT2D eigenvalue weighted by molar-refractivity contribution is 5.62. The van der Waals surface area contributed by atoms with Gasteiger partial charge in [0.2, 0.25) is 0 Å². The van der Waals surface area contributed by atoms with Crippen LogP contribution in [0.3, 0.4) is 0 Å². The van der Waals surface area contributed by atoms with Crippen LogP contribution in [0.5, 0.6) is 0 Å². The normalized spacial score (nSPS) is 19.0. The molecule has 0 atom stereocenters. The summed E-state index contributed by atoms with van der Waals surface area (Å²) in [4.78, 5) is 13.2. The van der Waals surface area contributed by atoms with Crippen LogP contribution in [0.4, 0.5) is 11.4 Å². The molecule has 0 unspecified atom stereocenters. The first-order valence-electron chi connectivity index (χ1n) is 7.59. The molecule has 0 amide bonds. The summed E-state index contributed by atoms with van der Waals surface area (Å²) in [5, 5.41) is 14.0. The van der Waals surface area contributed by atoms with E-state index in [-0.39, 0.29) is 10.6 Å². The second-order valence-corrected chi connectivity index (χ2v) is 6.65. The molecule has 1 aliphatic heterocycles. The van der Waals surface area contributed by atoms with E-state index in [1.807, 2.05) is 6.07 Å². The van der Waals surface area contributed by atoms with Crippen molar-refractivity contribution in [3.63, 3.8) is 0 Å². The Hall–Kier alpha value is -1.62. The molecule has 1 saturated heterocycles. The average molecular weight is 291 g/mol. The van der Waals surface area contributed by atoms with Crippen LogP contribution in [-0.4, -0.2) is 30.0 Å². The summed E-state index contributed by atoms with van der Waals surface area (Å²) in [6, 6.07) is 5.48. The van der Waals surface area contributed by atoms with Gasteiger partial charge < -0.3 is 5.32 Å². The molecule has 1 aromatic carbocycles. The molecule has 1 aliphatic rings. The second-order valence-electron chi connectivity index (χ2n) is 6.65. The molecular formula is C16H25N3O2. The number of hydrogen-bond acceptors (Lipinski definition) is 4. The molecule has 1 N–H and O–H groups in total. The van der Waals surface area contributed by atoms with E-state index in [2.05, 4.69) is 24.1 Å². The van der Waals surface area contributed by atoms with Gasteiger partial charge in [0, 0.05) is 19.7 Å². The molecule has 116 valence electrons. The number of likely N-dealkylation sites (tertiary alicyclic amines) is 1. The molecule has 0 bridgehead atoms. The number of nitro benzene ring substituents is 1. The van der Waals surface area contributed by atoms with Crippen LogP contribution in [0.1, 0.15) is 38.7 Å². The summed E-state index contributed by atoms with van der Waals surface area (Å²) in [5.41, 5.74) is 2.16. The lowest BCUT2D eigenvalue weighted by atomic mass is 9.85. The van der Waals surface area contributed by atoms with Gasteiger partial charge in [-0.2, -0.15) is 0 Å². The van der Waals surface area contributed by atoms with Gasteiger partial charge in [-0.1, -0.05) is 19.9 Å². The summed E-state index contributed by atoms with van der Waals surface area (Å²) < 4.78 is 0.